The zero-order chi connectivity index (χ0) is 14.4. The van der Waals surface area contributed by atoms with Crippen LogP contribution in [0.4, 0.5) is 4.39 Å². The van der Waals surface area contributed by atoms with Gasteiger partial charge in [0.25, 0.3) is 0 Å². The topological polar surface area (TPSA) is 15.3 Å². The first-order valence-corrected chi connectivity index (χ1v) is 8.00. The molecule has 2 rings (SSSR count). The van der Waals surface area contributed by atoms with Crippen molar-refractivity contribution in [3.8, 4) is 0 Å². The number of hydrogen-bond donors (Lipinski definition) is 1. The molecule has 0 bridgehead atoms. The summed E-state index contributed by atoms with van der Waals surface area (Å²) in [5.74, 6) is -0.331. The van der Waals surface area contributed by atoms with E-state index >= 15 is 0 Å². The summed E-state index contributed by atoms with van der Waals surface area (Å²) < 4.78 is 13.4. The highest BCUT2D eigenvalue weighted by Crippen LogP contribution is 2.29. The molecule has 0 aromatic heterocycles. The summed E-state index contributed by atoms with van der Waals surface area (Å²) in [4.78, 5) is 2.50. The van der Waals surface area contributed by atoms with E-state index < -0.39 is 0 Å². The molecule has 0 radical (unpaired) electrons. The molecule has 1 fully saturated rings. The van der Waals surface area contributed by atoms with E-state index in [1.165, 1.54) is 25.3 Å². The first kappa shape index (κ1) is 21.9. The van der Waals surface area contributed by atoms with Crippen molar-refractivity contribution in [2.24, 2.45) is 0 Å². The molecule has 6 heteroatoms. The number of benzene rings is 1. The molecule has 22 heavy (non-hydrogen) atoms. The van der Waals surface area contributed by atoms with Crippen molar-refractivity contribution in [3.05, 3.63) is 34.6 Å². The zero-order valence-electron chi connectivity index (χ0n) is 13.0. The van der Waals surface area contributed by atoms with Gasteiger partial charge in [-0.3, -0.25) is 4.90 Å². The molecule has 1 aliphatic rings. The van der Waals surface area contributed by atoms with E-state index in [2.05, 4.69) is 17.1 Å². The molecular formula is C16H26Cl3FN2. The lowest BCUT2D eigenvalue weighted by atomic mass is 9.98. The smallest absolute Gasteiger partial charge is 0.141 e. The maximum Gasteiger partial charge on any atom is 0.141 e. The molecule has 0 spiro atoms. The van der Waals surface area contributed by atoms with Crippen LogP contribution in [0.5, 0.6) is 0 Å². The van der Waals surface area contributed by atoms with Crippen LogP contribution in [0.1, 0.15) is 44.2 Å². The van der Waals surface area contributed by atoms with Gasteiger partial charge in [-0.15, -0.1) is 24.8 Å². The Morgan fingerprint density at radius 1 is 1.23 bits per heavy atom. The van der Waals surface area contributed by atoms with Crippen LogP contribution in [0, 0.1) is 5.82 Å². The Kier molecular flexibility index (Phi) is 11.4. The fourth-order valence-corrected chi connectivity index (χ4v) is 3.05. The van der Waals surface area contributed by atoms with E-state index in [0.29, 0.717) is 6.04 Å². The molecule has 1 N–H and O–H groups in total. The number of unbranched alkanes of at least 4 members (excludes halogenated alkanes) is 2. The Morgan fingerprint density at radius 2 is 1.91 bits per heavy atom. The SMILES string of the molecule is CCCCC[C@@H](c1ccc(F)c(Cl)c1)N1CCNCC1.Cl.Cl. The number of nitrogens with zero attached hydrogens (tertiary/aromatic N) is 1. The van der Waals surface area contributed by atoms with E-state index in [4.69, 9.17) is 11.6 Å². The van der Waals surface area contributed by atoms with Crippen LogP contribution >= 0.6 is 36.4 Å². The van der Waals surface area contributed by atoms with Gasteiger partial charge in [0.2, 0.25) is 0 Å². The largest absolute Gasteiger partial charge is 0.314 e. The van der Waals surface area contributed by atoms with Gasteiger partial charge in [-0.1, -0.05) is 43.9 Å². The summed E-state index contributed by atoms with van der Waals surface area (Å²) in [6, 6.07) is 5.55. The van der Waals surface area contributed by atoms with Crippen LogP contribution in [-0.4, -0.2) is 31.1 Å². The van der Waals surface area contributed by atoms with Gasteiger partial charge in [0.1, 0.15) is 5.82 Å². The molecule has 0 unspecified atom stereocenters. The van der Waals surface area contributed by atoms with Gasteiger partial charge in [-0.2, -0.15) is 0 Å². The van der Waals surface area contributed by atoms with Crippen LogP contribution in [0.25, 0.3) is 0 Å². The summed E-state index contributed by atoms with van der Waals surface area (Å²) >= 11 is 5.95. The Bertz CT molecular complexity index is 426. The molecule has 1 aromatic rings. The van der Waals surface area contributed by atoms with E-state index in [0.717, 1.165) is 38.2 Å². The van der Waals surface area contributed by atoms with Gasteiger partial charge in [-0.25, -0.2) is 4.39 Å². The third kappa shape index (κ3) is 6.21. The number of halogens is 4. The van der Waals surface area contributed by atoms with Crippen LogP contribution in [0.15, 0.2) is 18.2 Å². The lowest BCUT2D eigenvalue weighted by molar-refractivity contribution is 0.162. The van der Waals surface area contributed by atoms with Crippen molar-refractivity contribution in [2.45, 2.75) is 38.6 Å². The first-order valence-electron chi connectivity index (χ1n) is 7.62. The average Bonchev–Trinajstić information content (AvgIpc) is 2.48. The summed E-state index contributed by atoms with van der Waals surface area (Å²) in [6.07, 6.45) is 4.80. The van der Waals surface area contributed by atoms with Crippen LogP contribution < -0.4 is 5.32 Å². The molecule has 0 amide bonds. The average molecular weight is 372 g/mol. The Labute approximate surface area is 150 Å². The summed E-state index contributed by atoms with van der Waals surface area (Å²) in [7, 11) is 0. The minimum absolute atomic E-state index is 0. The van der Waals surface area contributed by atoms with E-state index in [-0.39, 0.29) is 35.7 Å². The third-order valence-corrected chi connectivity index (χ3v) is 4.29. The normalized spacial score (nSPS) is 16.5. The van der Waals surface area contributed by atoms with Crippen LogP contribution in [0.2, 0.25) is 5.02 Å². The predicted molar refractivity (Wildman–Crippen MR) is 97.2 cm³/mol. The second-order valence-corrected chi connectivity index (χ2v) is 5.88. The summed E-state index contributed by atoms with van der Waals surface area (Å²) in [6.45, 7) is 6.37. The molecule has 1 atom stereocenters. The molecule has 0 saturated carbocycles. The van der Waals surface area contributed by atoms with Crippen molar-refractivity contribution in [2.75, 3.05) is 26.2 Å². The third-order valence-electron chi connectivity index (χ3n) is 4.00. The number of hydrogen-bond acceptors (Lipinski definition) is 2. The molecule has 128 valence electrons. The van der Waals surface area contributed by atoms with Crippen molar-refractivity contribution in [1.29, 1.82) is 0 Å². The minimum atomic E-state index is -0.331. The van der Waals surface area contributed by atoms with Gasteiger partial charge < -0.3 is 5.32 Å². The quantitative estimate of drug-likeness (QED) is 0.719. The second kappa shape index (κ2) is 11.5. The standard InChI is InChI=1S/C16H24ClFN2.2ClH/c1-2-3-4-5-16(20-10-8-19-9-11-20)13-6-7-15(18)14(17)12-13;;/h6-7,12,16,19H,2-5,8-11H2,1H3;2*1H/t16-;;/m0../s1. The number of piperazine rings is 1. The highest BCUT2D eigenvalue weighted by atomic mass is 35.5. The van der Waals surface area contributed by atoms with E-state index in [9.17, 15) is 4.39 Å². The van der Waals surface area contributed by atoms with Crippen molar-refractivity contribution < 1.29 is 4.39 Å². The van der Waals surface area contributed by atoms with Gasteiger partial charge >= 0.3 is 0 Å². The zero-order valence-corrected chi connectivity index (χ0v) is 15.4. The molecular weight excluding hydrogens is 346 g/mol. The van der Waals surface area contributed by atoms with Crippen molar-refractivity contribution >= 4 is 36.4 Å². The van der Waals surface area contributed by atoms with E-state index in [1.54, 1.807) is 6.07 Å². The number of nitrogens with one attached hydrogen (secondary N) is 1. The maximum absolute atomic E-state index is 13.4. The molecule has 1 aromatic carbocycles. The highest BCUT2D eigenvalue weighted by Gasteiger charge is 2.22. The number of rotatable bonds is 6. The fraction of sp³-hybridized carbons (Fsp3) is 0.625. The minimum Gasteiger partial charge on any atom is -0.314 e. The Balaban J connectivity index is 0.00000220. The summed E-state index contributed by atoms with van der Waals surface area (Å²) in [5.41, 5.74) is 1.15. The Hall–Kier alpha value is -0.0600. The van der Waals surface area contributed by atoms with Gasteiger partial charge in [-0.05, 0) is 24.1 Å². The highest BCUT2D eigenvalue weighted by molar-refractivity contribution is 6.30. The van der Waals surface area contributed by atoms with Crippen molar-refractivity contribution in [3.63, 3.8) is 0 Å². The summed E-state index contributed by atoms with van der Waals surface area (Å²) in [5, 5.41) is 3.62. The molecule has 1 saturated heterocycles. The van der Waals surface area contributed by atoms with Gasteiger partial charge in [0.05, 0.1) is 5.02 Å². The van der Waals surface area contributed by atoms with Crippen LogP contribution in [0.3, 0.4) is 0 Å². The molecule has 1 heterocycles. The van der Waals surface area contributed by atoms with Crippen LogP contribution in [-0.2, 0) is 0 Å². The molecule has 2 nitrogen and oxygen atoms in total. The molecule has 1 aliphatic heterocycles. The monoisotopic (exact) mass is 370 g/mol. The lowest BCUT2D eigenvalue weighted by Gasteiger charge is -2.35. The predicted octanol–water partition coefficient (Wildman–Crippen LogP) is 4.85. The fourth-order valence-electron chi connectivity index (χ4n) is 2.86. The Morgan fingerprint density at radius 3 is 2.50 bits per heavy atom. The van der Waals surface area contributed by atoms with E-state index in [1.807, 2.05) is 6.07 Å². The maximum atomic E-state index is 13.4. The van der Waals surface area contributed by atoms with Gasteiger partial charge in [0.15, 0.2) is 0 Å². The second-order valence-electron chi connectivity index (χ2n) is 5.47. The first-order chi connectivity index (χ1) is 9.72. The van der Waals surface area contributed by atoms with Gasteiger partial charge in [0, 0.05) is 32.2 Å². The van der Waals surface area contributed by atoms with Crippen molar-refractivity contribution in [1.82, 2.24) is 10.2 Å². The lowest BCUT2D eigenvalue weighted by Crippen LogP contribution is -2.45. The molecule has 0 aliphatic carbocycles.